The van der Waals surface area contributed by atoms with Crippen molar-refractivity contribution in [2.75, 3.05) is 5.73 Å². The van der Waals surface area contributed by atoms with Crippen LogP contribution in [-0.2, 0) is 10.0 Å². The molecule has 1 saturated carbocycles. The van der Waals surface area contributed by atoms with Crippen LogP contribution in [0.1, 0.15) is 37.1 Å². The van der Waals surface area contributed by atoms with Crippen LogP contribution < -0.4 is 10.5 Å². The van der Waals surface area contributed by atoms with Crippen LogP contribution in [-0.4, -0.2) is 35.6 Å². The third kappa shape index (κ3) is 5.12. The number of rotatable bonds is 5. The number of aryl methyl sites for hydroxylation is 2. The van der Waals surface area contributed by atoms with Crippen molar-refractivity contribution in [3.63, 3.8) is 0 Å². The van der Waals surface area contributed by atoms with Crippen LogP contribution in [0.25, 0.3) is 22.5 Å². The van der Waals surface area contributed by atoms with Gasteiger partial charge in [0.15, 0.2) is 11.7 Å². The number of nitrogens with zero attached hydrogens (tertiary/aromatic N) is 2. The SMILES string of the molecule is Cc1ncc(-c2cc(-c3cc(S(=O)(=O)N[C@H]4CC[C@H](O)CC4)ccc3C)cnc2N)o1.Cl. The van der Waals surface area contributed by atoms with Crippen molar-refractivity contribution in [2.24, 2.45) is 0 Å². The molecule has 1 aliphatic rings. The van der Waals surface area contributed by atoms with Gasteiger partial charge in [0.1, 0.15) is 5.82 Å². The first-order valence-electron chi connectivity index (χ1n) is 10.2. The molecule has 0 amide bonds. The summed E-state index contributed by atoms with van der Waals surface area (Å²) in [6.45, 7) is 3.66. The van der Waals surface area contributed by atoms with Gasteiger partial charge < -0.3 is 15.3 Å². The summed E-state index contributed by atoms with van der Waals surface area (Å²) in [5, 5.41) is 9.66. The Labute approximate surface area is 193 Å². The summed E-state index contributed by atoms with van der Waals surface area (Å²) in [6.07, 6.45) is 5.33. The van der Waals surface area contributed by atoms with Crippen molar-refractivity contribution in [2.45, 2.75) is 56.6 Å². The Morgan fingerprint density at radius 2 is 1.78 bits per heavy atom. The number of nitrogens with one attached hydrogen (secondary N) is 1. The van der Waals surface area contributed by atoms with Gasteiger partial charge in [-0.15, -0.1) is 12.4 Å². The second kappa shape index (κ2) is 9.58. The summed E-state index contributed by atoms with van der Waals surface area (Å²) < 4.78 is 34.3. The molecule has 2 aromatic heterocycles. The number of aliphatic hydroxyl groups excluding tert-OH is 1. The second-order valence-corrected chi connectivity index (χ2v) is 9.72. The third-order valence-electron chi connectivity index (χ3n) is 5.65. The zero-order valence-electron chi connectivity index (χ0n) is 17.9. The standard InChI is InChI=1S/C22H26N4O4S.ClH/c1-13-3-8-18(31(28,29)26-16-4-6-17(27)7-5-16)10-19(13)15-9-20(22(23)25-11-15)21-12-24-14(2)30-21;/h3,8-12,16-17,26-27H,4-7H2,1-2H3,(H2,23,25);1H/t16-,17-;. The zero-order valence-corrected chi connectivity index (χ0v) is 19.5. The summed E-state index contributed by atoms with van der Waals surface area (Å²) in [5.74, 6) is 1.33. The minimum Gasteiger partial charge on any atom is -0.441 e. The van der Waals surface area contributed by atoms with E-state index in [2.05, 4.69) is 14.7 Å². The maximum Gasteiger partial charge on any atom is 0.240 e. The van der Waals surface area contributed by atoms with Gasteiger partial charge in [-0.05, 0) is 61.9 Å². The van der Waals surface area contributed by atoms with Gasteiger partial charge >= 0.3 is 0 Å². The van der Waals surface area contributed by atoms with E-state index in [1.165, 1.54) is 0 Å². The Morgan fingerprint density at radius 3 is 2.44 bits per heavy atom. The molecular weight excluding hydrogens is 452 g/mol. The average molecular weight is 479 g/mol. The summed E-state index contributed by atoms with van der Waals surface area (Å²) in [7, 11) is -3.70. The second-order valence-electron chi connectivity index (χ2n) is 8.00. The molecule has 10 heteroatoms. The molecule has 0 unspecified atom stereocenters. The molecule has 172 valence electrons. The maximum atomic E-state index is 13.0. The van der Waals surface area contributed by atoms with Gasteiger partial charge in [-0.1, -0.05) is 6.07 Å². The number of nitrogens with two attached hydrogens (primary N) is 1. The molecule has 1 fully saturated rings. The molecule has 0 saturated heterocycles. The van der Waals surface area contributed by atoms with E-state index < -0.39 is 10.0 Å². The minimum atomic E-state index is -3.70. The molecule has 0 aliphatic heterocycles. The van der Waals surface area contributed by atoms with Crippen molar-refractivity contribution in [1.82, 2.24) is 14.7 Å². The molecule has 0 spiro atoms. The quantitative estimate of drug-likeness (QED) is 0.510. The van der Waals surface area contributed by atoms with Crippen LogP contribution in [0.5, 0.6) is 0 Å². The van der Waals surface area contributed by atoms with Crippen LogP contribution in [0.4, 0.5) is 5.82 Å². The first-order valence-corrected chi connectivity index (χ1v) is 11.7. The highest BCUT2D eigenvalue weighted by Crippen LogP contribution is 2.32. The Morgan fingerprint density at radius 1 is 1.06 bits per heavy atom. The van der Waals surface area contributed by atoms with E-state index in [1.54, 1.807) is 37.5 Å². The number of hydrogen-bond donors (Lipinski definition) is 3. The van der Waals surface area contributed by atoms with E-state index >= 15 is 0 Å². The van der Waals surface area contributed by atoms with Gasteiger partial charge in [0, 0.05) is 24.7 Å². The van der Waals surface area contributed by atoms with E-state index in [4.69, 9.17) is 10.2 Å². The summed E-state index contributed by atoms with van der Waals surface area (Å²) in [6, 6.07) is 6.69. The Bertz CT molecular complexity index is 1200. The highest BCUT2D eigenvalue weighted by molar-refractivity contribution is 7.89. The Balaban J connectivity index is 0.00000289. The van der Waals surface area contributed by atoms with Crippen molar-refractivity contribution in [3.05, 3.63) is 48.1 Å². The third-order valence-corrected chi connectivity index (χ3v) is 7.17. The molecule has 3 aromatic rings. The normalized spacial score (nSPS) is 18.8. The van der Waals surface area contributed by atoms with E-state index in [-0.39, 0.29) is 29.4 Å². The minimum absolute atomic E-state index is 0. The number of sulfonamides is 1. The van der Waals surface area contributed by atoms with Crippen LogP contribution >= 0.6 is 12.4 Å². The monoisotopic (exact) mass is 478 g/mol. The van der Waals surface area contributed by atoms with E-state index in [0.29, 0.717) is 48.7 Å². The van der Waals surface area contributed by atoms with Gasteiger partial charge in [0.05, 0.1) is 22.8 Å². The van der Waals surface area contributed by atoms with E-state index in [1.807, 2.05) is 13.0 Å². The maximum absolute atomic E-state index is 13.0. The van der Waals surface area contributed by atoms with Crippen molar-refractivity contribution < 1.29 is 17.9 Å². The van der Waals surface area contributed by atoms with Gasteiger partial charge in [-0.2, -0.15) is 0 Å². The van der Waals surface area contributed by atoms with Crippen LogP contribution in [0.15, 0.2) is 46.0 Å². The number of halogens is 1. The van der Waals surface area contributed by atoms with Crippen molar-refractivity contribution in [3.8, 4) is 22.5 Å². The summed E-state index contributed by atoms with van der Waals surface area (Å²) in [5.41, 5.74) is 9.02. The van der Waals surface area contributed by atoms with Crippen LogP contribution in [0, 0.1) is 13.8 Å². The number of aliphatic hydroxyl groups is 1. The molecule has 1 aromatic carbocycles. The first-order chi connectivity index (χ1) is 14.7. The molecule has 4 N–H and O–H groups in total. The van der Waals surface area contributed by atoms with Crippen molar-refractivity contribution in [1.29, 1.82) is 0 Å². The predicted octanol–water partition coefficient (Wildman–Crippen LogP) is 3.61. The van der Waals surface area contributed by atoms with Crippen molar-refractivity contribution >= 4 is 28.2 Å². The fourth-order valence-corrected chi connectivity index (χ4v) is 5.20. The molecule has 1 aliphatic carbocycles. The number of nitrogen functional groups attached to an aromatic ring is 1. The molecule has 0 bridgehead atoms. The number of anilines is 1. The molecule has 8 nitrogen and oxygen atoms in total. The van der Waals surface area contributed by atoms with Gasteiger partial charge in [0.25, 0.3) is 0 Å². The number of benzene rings is 1. The lowest BCUT2D eigenvalue weighted by atomic mass is 9.94. The molecule has 32 heavy (non-hydrogen) atoms. The van der Waals surface area contributed by atoms with E-state index in [9.17, 15) is 13.5 Å². The average Bonchev–Trinajstić information content (AvgIpc) is 3.16. The molecule has 0 atom stereocenters. The number of aromatic nitrogens is 2. The first kappa shape index (κ1) is 24.2. The fourth-order valence-electron chi connectivity index (χ4n) is 3.87. The topological polar surface area (TPSA) is 131 Å². The lowest BCUT2D eigenvalue weighted by molar-refractivity contribution is 0.120. The Kier molecular flexibility index (Phi) is 7.24. The fraction of sp³-hybridized carbons (Fsp3) is 0.364. The predicted molar refractivity (Wildman–Crippen MR) is 125 cm³/mol. The van der Waals surface area contributed by atoms with Gasteiger partial charge in [-0.3, -0.25) is 0 Å². The number of hydrogen-bond acceptors (Lipinski definition) is 7. The molecule has 4 rings (SSSR count). The highest BCUT2D eigenvalue weighted by Gasteiger charge is 2.25. The summed E-state index contributed by atoms with van der Waals surface area (Å²) >= 11 is 0. The van der Waals surface area contributed by atoms with Gasteiger partial charge in [-0.25, -0.2) is 23.1 Å². The lowest BCUT2D eigenvalue weighted by Gasteiger charge is -2.26. The van der Waals surface area contributed by atoms with E-state index in [0.717, 1.165) is 16.7 Å². The lowest BCUT2D eigenvalue weighted by Crippen LogP contribution is -2.38. The highest BCUT2D eigenvalue weighted by atomic mass is 35.5. The molecule has 0 radical (unpaired) electrons. The number of pyridine rings is 1. The number of oxazole rings is 1. The Hall–Kier alpha value is -2.46. The summed E-state index contributed by atoms with van der Waals surface area (Å²) in [4.78, 5) is 8.57. The smallest absolute Gasteiger partial charge is 0.240 e. The zero-order chi connectivity index (χ0) is 22.2. The van der Waals surface area contributed by atoms with Crippen LogP contribution in [0.2, 0.25) is 0 Å². The van der Waals surface area contributed by atoms with Crippen LogP contribution in [0.3, 0.4) is 0 Å². The van der Waals surface area contributed by atoms with Gasteiger partial charge in [0.2, 0.25) is 10.0 Å². The molecular formula is C22H27ClN4O4S. The largest absolute Gasteiger partial charge is 0.441 e. The molecule has 2 heterocycles.